The Morgan fingerprint density at radius 3 is 2.17 bits per heavy atom. The molecule has 1 aromatic rings. The average Bonchev–Trinajstić information content (AvgIpc) is 2.48. The van der Waals surface area contributed by atoms with Crippen LogP contribution in [0.1, 0.15) is 38.2 Å². The largest absolute Gasteiger partial charge is 0.496 e. The van der Waals surface area contributed by atoms with Gasteiger partial charge in [0.05, 0.1) is 11.2 Å². The monoisotopic (exact) mass is 248 g/mol. The molecule has 1 aliphatic rings. The van der Waals surface area contributed by atoms with Crippen LogP contribution in [0.5, 0.6) is 0 Å². The summed E-state index contributed by atoms with van der Waals surface area (Å²) in [5, 5.41) is 0. The summed E-state index contributed by atoms with van der Waals surface area (Å²) in [4.78, 5) is 14.9. The van der Waals surface area contributed by atoms with Crippen LogP contribution in [-0.4, -0.2) is 29.2 Å². The highest BCUT2D eigenvalue weighted by molar-refractivity contribution is 6.62. The molecule has 0 aliphatic carbocycles. The Labute approximate surface area is 107 Å². The predicted molar refractivity (Wildman–Crippen MR) is 68.5 cm³/mol. The lowest BCUT2D eigenvalue weighted by molar-refractivity contribution is 0.00578. The number of hydrogen-bond donors (Lipinski definition) is 1. The maximum atomic E-state index is 10.9. The number of primary amides is 1. The molecule has 0 atom stereocenters. The van der Waals surface area contributed by atoms with Crippen molar-refractivity contribution in [3.63, 3.8) is 0 Å². The molecule has 0 spiro atoms. The van der Waals surface area contributed by atoms with Gasteiger partial charge in [0, 0.05) is 11.7 Å². The first kappa shape index (κ1) is 13.0. The van der Waals surface area contributed by atoms with Gasteiger partial charge in [-0.3, -0.25) is 9.78 Å². The zero-order chi connectivity index (χ0) is 13.6. The van der Waals surface area contributed by atoms with Crippen molar-refractivity contribution in [1.82, 2.24) is 4.98 Å². The lowest BCUT2D eigenvalue weighted by atomic mass is 9.80. The molecule has 0 aromatic carbocycles. The predicted octanol–water partition coefficient (Wildman–Crippen LogP) is 0.480. The van der Waals surface area contributed by atoms with E-state index in [9.17, 15) is 4.79 Å². The van der Waals surface area contributed by atoms with Crippen LogP contribution in [0.3, 0.4) is 0 Å². The van der Waals surface area contributed by atoms with Gasteiger partial charge in [-0.1, -0.05) is 6.07 Å². The molecule has 1 aliphatic heterocycles. The van der Waals surface area contributed by atoms with Crippen LogP contribution in [-0.2, 0) is 9.31 Å². The Bertz CT molecular complexity index is 455. The summed E-state index contributed by atoms with van der Waals surface area (Å²) >= 11 is 0. The van der Waals surface area contributed by atoms with Crippen LogP contribution >= 0.6 is 0 Å². The number of hydrogen-bond acceptors (Lipinski definition) is 4. The molecule has 5 nitrogen and oxygen atoms in total. The molecule has 0 bridgehead atoms. The summed E-state index contributed by atoms with van der Waals surface area (Å²) in [7, 11) is -0.468. The minimum absolute atomic E-state index is 0.232. The third-order valence-corrected chi connectivity index (χ3v) is 3.56. The van der Waals surface area contributed by atoms with Gasteiger partial charge in [-0.15, -0.1) is 0 Å². The fraction of sp³-hybridized carbons (Fsp3) is 0.500. The zero-order valence-corrected chi connectivity index (χ0v) is 11.1. The molecule has 1 saturated heterocycles. The highest BCUT2D eigenvalue weighted by Gasteiger charge is 2.51. The van der Waals surface area contributed by atoms with Crippen LogP contribution in [0.2, 0.25) is 0 Å². The van der Waals surface area contributed by atoms with Crippen molar-refractivity contribution in [1.29, 1.82) is 0 Å². The first-order valence-corrected chi connectivity index (χ1v) is 5.84. The van der Waals surface area contributed by atoms with E-state index in [2.05, 4.69) is 4.98 Å². The normalized spacial score (nSPS) is 21.0. The van der Waals surface area contributed by atoms with Gasteiger partial charge in [0.25, 0.3) is 5.91 Å². The minimum atomic E-state index is -0.546. The lowest BCUT2D eigenvalue weighted by Gasteiger charge is -2.32. The van der Waals surface area contributed by atoms with E-state index in [4.69, 9.17) is 15.0 Å². The van der Waals surface area contributed by atoms with E-state index in [0.717, 1.165) is 5.46 Å². The minimum Gasteiger partial charge on any atom is -0.399 e. The third-order valence-electron chi connectivity index (χ3n) is 3.56. The van der Waals surface area contributed by atoms with E-state index in [0.29, 0.717) is 0 Å². The second-order valence-corrected chi connectivity index (χ2v) is 5.43. The van der Waals surface area contributed by atoms with Gasteiger partial charge in [0.15, 0.2) is 0 Å². The number of amides is 1. The van der Waals surface area contributed by atoms with Gasteiger partial charge < -0.3 is 15.0 Å². The summed E-state index contributed by atoms with van der Waals surface area (Å²) in [6.07, 6.45) is 1.56. The molecule has 1 aromatic heterocycles. The topological polar surface area (TPSA) is 74.4 Å². The molecule has 2 heterocycles. The second kappa shape index (κ2) is 4.07. The Hall–Kier alpha value is -1.40. The fourth-order valence-electron chi connectivity index (χ4n) is 1.67. The molecule has 1 amide bonds. The van der Waals surface area contributed by atoms with Crippen molar-refractivity contribution in [3.8, 4) is 0 Å². The highest BCUT2D eigenvalue weighted by Crippen LogP contribution is 2.36. The number of nitrogens with two attached hydrogens (primary N) is 1. The molecule has 0 saturated carbocycles. The molecule has 2 N–H and O–H groups in total. The maximum Gasteiger partial charge on any atom is 0.496 e. The van der Waals surface area contributed by atoms with Crippen molar-refractivity contribution in [2.45, 2.75) is 38.9 Å². The standard InChI is InChI=1S/C12H17BN2O3/c1-11(2)12(3,4)18-13(17-11)8-5-6-9(10(14)16)15-7-8/h5-7H,1-4H3,(H2,14,16). The zero-order valence-electron chi connectivity index (χ0n) is 11.1. The summed E-state index contributed by atoms with van der Waals surface area (Å²) in [6.45, 7) is 7.94. The highest BCUT2D eigenvalue weighted by atomic mass is 16.7. The molecule has 0 radical (unpaired) electrons. The first-order chi connectivity index (χ1) is 8.23. The van der Waals surface area contributed by atoms with Crippen molar-refractivity contribution < 1.29 is 14.1 Å². The number of rotatable bonds is 2. The van der Waals surface area contributed by atoms with Gasteiger partial charge >= 0.3 is 7.12 Å². The van der Waals surface area contributed by atoms with Crippen LogP contribution in [0.25, 0.3) is 0 Å². The van der Waals surface area contributed by atoms with Gasteiger partial charge in [-0.25, -0.2) is 0 Å². The van der Waals surface area contributed by atoms with Gasteiger partial charge in [-0.2, -0.15) is 0 Å². The Morgan fingerprint density at radius 2 is 1.78 bits per heavy atom. The van der Waals surface area contributed by atoms with Crippen LogP contribution in [0, 0.1) is 0 Å². The van der Waals surface area contributed by atoms with Crippen molar-refractivity contribution in [2.75, 3.05) is 0 Å². The van der Waals surface area contributed by atoms with Crippen LogP contribution < -0.4 is 11.2 Å². The Morgan fingerprint density at radius 1 is 1.22 bits per heavy atom. The molecular weight excluding hydrogens is 231 g/mol. The summed E-state index contributed by atoms with van der Waals surface area (Å²) in [6, 6.07) is 3.32. The van der Waals surface area contributed by atoms with E-state index >= 15 is 0 Å². The van der Waals surface area contributed by atoms with E-state index in [1.54, 1.807) is 18.3 Å². The molecule has 96 valence electrons. The Balaban J connectivity index is 2.22. The molecule has 0 unspecified atom stereocenters. The summed E-state index contributed by atoms with van der Waals surface area (Å²) < 4.78 is 11.7. The first-order valence-electron chi connectivity index (χ1n) is 5.84. The van der Waals surface area contributed by atoms with Crippen molar-refractivity contribution >= 4 is 18.5 Å². The summed E-state index contributed by atoms with van der Waals surface area (Å²) in [5.74, 6) is -0.546. The van der Waals surface area contributed by atoms with Crippen molar-refractivity contribution in [3.05, 3.63) is 24.0 Å². The van der Waals surface area contributed by atoms with Gasteiger partial charge in [0.1, 0.15) is 5.69 Å². The smallest absolute Gasteiger partial charge is 0.399 e. The number of carbonyl (C=O) groups is 1. The molecule has 6 heteroatoms. The molecule has 2 rings (SSSR count). The van der Waals surface area contributed by atoms with E-state index < -0.39 is 13.0 Å². The van der Waals surface area contributed by atoms with Gasteiger partial charge in [-0.05, 0) is 33.8 Å². The Kier molecular flexibility index (Phi) is 2.95. The molecule has 1 fully saturated rings. The van der Waals surface area contributed by atoms with E-state index in [1.165, 1.54) is 0 Å². The average molecular weight is 248 g/mol. The number of pyridine rings is 1. The van der Waals surface area contributed by atoms with Crippen LogP contribution in [0.15, 0.2) is 18.3 Å². The molecule has 18 heavy (non-hydrogen) atoms. The molecular formula is C12H17BN2O3. The number of nitrogens with zero attached hydrogens (tertiary/aromatic N) is 1. The van der Waals surface area contributed by atoms with E-state index in [-0.39, 0.29) is 16.9 Å². The number of carbonyl (C=O) groups excluding carboxylic acids is 1. The van der Waals surface area contributed by atoms with Gasteiger partial charge in [0.2, 0.25) is 0 Å². The summed E-state index contributed by atoms with van der Waals surface area (Å²) in [5.41, 5.74) is 5.37. The van der Waals surface area contributed by atoms with Crippen LogP contribution in [0.4, 0.5) is 0 Å². The van der Waals surface area contributed by atoms with E-state index in [1.807, 2.05) is 27.7 Å². The van der Waals surface area contributed by atoms with Crippen molar-refractivity contribution in [2.24, 2.45) is 5.73 Å². The third kappa shape index (κ3) is 2.13. The number of aromatic nitrogens is 1. The fourth-order valence-corrected chi connectivity index (χ4v) is 1.67. The quantitative estimate of drug-likeness (QED) is 0.772. The lowest BCUT2D eigenvalue weighted by Crippen LogP contribution is -2.41. The SMILES string of the molecule is CC1(C)OB(c2ccc(C(N)=O)nc2)OC1(C)C. The second-order valence-electron chi connectivity index (χ2n) is 5.43. The maximum absolute atomic E-state index is 10.9.